The van der Waals surface area contributed by atoms with Crippen molar-refractivity contribution in [3.05, 3.63) is 0 Å². The second-order valence-corrected chi connectivity index (χ2v) is 2.28. The van der Waals surface area contributed by atoms with Crippen LogP contribution in [0.5, 0.6) is 0 Å². The number of amides is 1. The Hall–Kier alpha value is 0.530. The van der Waals surface area contributed by atoms with Gasteiger partial charge in [0.2, 0.25) is 12.7 Å². The smallest absolute Gasteiger partial charge is 0.594 e. The summed E-state index contributed by atoms with van der Waals surface area (Å²) in [4.78, 5) is 20.6. The zero-order valence-corrected chi connectivity index (χ0v) is 8.30. The van der Waals surface area contributed by atoms with Gasteiger partial charge in [0, 0.05) is 7.05 Å². The minimum Gasteiger partial charge on any atom is -0.594 e. The number of hydrogen-bond donors (Lipinski definition) is 0. The second-order valence-electron chi connectivity index (χ2n) is 1.34. The van der Waals surface area contributed by atoms with Crippen LogP contribution in [0.1, 0.15) is 0 Å². The number of hydrogen-bond acceptors (Lipinski definition) is 3. The molecule has 0 bridgehead atoms. The molecule has 0 fully saturated rings. The van der Waals surface area contributed by atoms with Crippen LogP contribution >= 0.6 is 8.03 Å². The Morgan fingerprint density at radius 1 is 1.78 bits per heavy atom. The van der Waals surface area contributed by atoms with Crippen molar-refractivity contribution in [2.24, 2.45) is 0 Å². The van der Waals surface area contributed by atoms with Gasteiger partial charge < -0.3 is 9.79 Å². The molecule has 1 atom stereocenters. The maximum Gasteiger partial charge on any atom is 1.00 e. The van der Waals surface area contributed by atoms with E-state index in [1.165, 1.54) is 7.05 Å². The summed E-state index contributed by atoms with van der Waals surface area (Å²) in [6.07, 6.45) is 0.268. The van der Waals surface area contributed by atoms with Crippen LogP contribution in [0.2, 0.25) is 0 Å². The molecule has 0 aliphatic carbocycles. The van der Waals surface area contributed by atoms with E-state index in [1.807, 2.05) is 0 Å². The zero-order chi connectivity index (χ0) is 6.57. The van der Waals surface area contributed by atoms with Crippen molar-refractivity contribution in [2.45, 2.75) is 0 Å². The third-order valence-electron chi connectivity index (χ3n) is 0.518. The van der Waals surface area contributed by atoms with Crippen molar-refractivity contribution in [3.63, 3.8) is 0 Å². The van der Waals surface area contributed by atoms with Crippen molar-refractivity contribution in [2.75, 3.05) is 13.3 Å². The minimum absolute atomic E-state index is 0. The summed E-state index contributed by atoms with van der Waals surface area (Å²) in [7, 11) is -1.05. The number of rotatable bonds is 3. The summed E-state index contributed by atoms with van der Waals surface area (Å²) >= 11 is 0. The monoisotopic (exact) mass is 158 g/mol. The molecule has 4 nitrogen and oxygen atoms in total. The van der Waals surface area contributed by atoms with Crippen molar-refractivity contribution in [1.82, 2.24) is 4.90 Å². The Bertz CT molecular complexity index is 109. The van der Waals surface area contributed by atoms with E-state index in [4.69, 9.17) is 0 Å². The summed E-state index contributed by atoms with van der Waals surface area (Å²) in [5, 5.41) is 0. The largest absolute Gasteiger partial charge is 1.00 e. The van der Waals surface area contributed by atoms with E-state index in [0.717, 1.165) is 4.90 Å². The number of nitrogens with zero attached hydrogens (tertiary/aromatic N) is 1. The van der Waals surface area contributed by atoms with Crippen LogP contribution in [0.3, 0.4) is 0 Å². The molecule has 0 spiro atoms. The first kappa shape index (κ1) is 12.2. The van der Waals surface area contributed by atoms with Crippen molar-refractivity contribution in [3.8, 4) is 0 Å². The Balaban J connectivity index is 0. The Morgan fingerprint density at radius 3 is 2.33 bits per heavy atom. The molecular weight excluding hydrogens is 152 g/mol. The maximum absolute atomic E-state index is 9.81. The number of carbonyl (C=O) groups is 1. The van der Waals surface area contributed by atoms with Crippen LogP contribution in [0.4, 0.5) is 0 Å². The van der Waals surface area contributed by atoms with Gasteiger partial charge in [-0.1, -0.05) is 4.57 Å². The van der Waals surface area contributed by atoms with Gasteiger partial charge in [-0.3, -0.25) is 4.79 Å². The molecule has 9 heavy (non-hydrogen) atoms. The van der Waals surface area contributed by atoms with E-state index in [-0.39, 0.29) is 35.8 Å². The topological polar surface area (TPSA) is 60.4 Å². The Labute approximate surface area is 76.4 Å². The average molecular weight is 158 g/mol. The van der Waals surface area contributed by atoms with Crippen LogP contribution in [0.25, 0.3) is 0 Å². The third kappa shape index (κ3) is 8.53. The van der Waals surface area contributed by atoms with Gasteiger partial charge in [0.1, 0.15) is 0 Å². The van der Waals surface area contributed by atoms with E-state index in [0.29, 0.717) is 6.41 Å². The number of carbonyl (C=O) groups excluding carboxylic acids is 1. The maximum atomic E-state index is 9.81. The molecular formula is C3H6NNaO3P+. The summed E-state index contributed by atoms with van der Waals surface area (Å²) in [6.45, 7) is 0. The predicted molar refractivity (Wildman–Crippen MR) is 26.3 cm³/mol. The van der Waals surface area contributed by atoms with E-state index in [9.17, 15) is 14.3 Å². The zero-order valence-electron chi connectivity index (χ0n) is 5.40. The molecule has 0 aliphatic rings. The van der Waals surface area contributed by atoms with Gasteiger partial charge >= 0.3 is 37.6 Å². The van der Waals surface area contributed by atoms with E-state index in [2.05, 4.69) is 0 Å². The minimum atomic E-state index is -2.45. The molecule has 0 heterocycles. The van der Waals surface area contributed by atoms with Gasteiger partial charge in [0.15, 0.2) is 0 Å². The summed E-state index contributed by atoms with van der Waals surface area (Å²) in [6, 6.07) is 0. The van der Waals surface area contributed by atoms with Crippen LogP contribution in [-0.2, 0) is 9.36 Å². The molecule has 0 N–H and O–H groups in total. The first-order valence-corrected chi connectivity index (χ1v) is 3.30. The van der Waals surface area contributed by atoms with Gasteiger partial charge in [0.25, 0.3) is 0 Å². The van der Waals surface area contributed by atoms with Crippen LogP contribution < -0.4 is 34.5 Å². The quantitative estimate of drug-likeness (QED) is 0.240. The van der Waals surface area contributed by atoms with Gasteiger partial charge in [-0.05, 0) is 0 Å². The van der Waals surface area contributed by atoms with Crippen LogP contribution in [-0.4, -0.2) is 24.6 Å². The molecule has 0 radical (unpaired) electrons. The SMILES string of the molecule is CN(C=O)C[P+](=O)[O-].[Na+]. The van der Waals surface area contributed by atoms with Gasteiger partial charge in [-0.2, -0.15) is 0 Å². The van der Waals surface area contributed by atoms with Gasteiger partial charge in [0.05, 0.1) is 0 Å². The van der Waals surface area contributed by atoms with Crippen molar-refractivity contribution in [1.29, 1.82) is 0 Å². The first-order chi connectivity index (χ1) is 3.66. The molecule has 6 heteroatoms. The molecule has 0 rings (SSSR count). The van der Waals surface area contributed by atoms with Crippen molar-refractivity contribution >= 4 is 14.4 Å². The van der Waals surface area contributed by atoms with E-state index >= 15 is 0 Å². The van der Waals surface area contributed by atoms with Gasteiger partial charge in [-0.25, -0.2) is 0 Å². The molecule has 46 valence electrons. The van der Waals surface area contributed by atoms with Gasteiger partial charge in [-0.15, -0.1) is 0 Å². The van der Waals surface area contributed by atoms with E-state index in [1.54, 1.807) is 0 Å². The first-order valence-electron chi connectivity index (χ1n) is 1.94. The molecule has 1 unspecified atom stereocenters. The molecule has 1 amide bonds. The summed E-state index contributed by atoms with van der Waals surface area (Å²) < 4.78 is 9.81. The Kier molecular flexibility index (Phi) is 9.03. The molecule has 0 aromatic carbocycles. The fourth-order valence-electron chi connectivity index (χ4n) is 0.215. The summed E-state index contributed by atoms with van der Waals surface area (Å²) in [5.41, 5.74) is 0. The average Bonchev–Trinajstić information content (AvgIpc) is 1.65. The molecule has 0 aromatic heterocycles. The summed E-state index contributed by atoms with van der Waals surface area (Å²) in [5.74, 6) is 0. The molecule has 0 saturated heterocycles. The van der Waals surface area contributed by atoms with Crippen molar-refractivity contribution < 1.29 is 43.8 Å². The van der Waals surface area contributed by atoms with E-state index < -0.39 is 8.03 Å². The second kappa shape index (κ2) is 6.65. The molecule has 0 aliphatic heterocycles. The fraction of sp³-hybridized carbons (Fsp3) is 0.667. The molecule has 0 saturated carbocycles. The standard InChI is InChI=1S/C3H6NO3P.Na/c1-4(2-5)3-8(6)7;/h2H,3H2,1H3;/q;+1. The van der Waals surface area contributed by atoms with Crippen LogP contribution in [0.15, 0.2) is 0 Å². The normalized spacial score (nSPS) is 9.33. The third-order valence-corrected chi connectivity index (χ3v) is 1.20. The molecule has 0 aromatic rings. The fourth-order valence-corrected chi connectivity index (χ4v) is 0.646. The van der Waals surface area contributed by atoms with Crippen LogP contribution in [0, 0.1) is 0 Å². The Morgan fingerprint density at radius 2 is 2.22 bits per heavy atom. The predicted octanol–water partition coefficient (Wildman–Crippen LogP) is -3.86.